The minimum Gasteiger partial charge on any atom is -0.324 e. The molecule has 1 aliphatic rings. The van der Waals surface area contributed by atoms with Crippen molar-refractivity contribution in [1.29, 1.82) is 0 Å². The van der Waals surface area contributed by atoms with Crippen LogP contribution in [-0.2, 0) is 13.0 Å². The molecule has 0 bridgehead atoms. The molecule has 1 aliphatic carbocycles. The Morgan fingerprint density at radius 3 is 2.59 bits per heavy atom. The zero-order valence-electron chi connectivity index (χ0n) is 10.8. The van der Waals surface area contributed by atoms with Crippen molar-refractivity contribution in [1.82, 2.24) is 5.32 Å². The van der Waals surface area contributed by atoms with Crippen molar-refractivity contribution in [2.45, 2.75) is 57.5 Å². The Labute approximate surface area is 109 Å². The Kier molecular flexibility index (Phi) is 4.60. The third-order valence-corrected chi connectivity index (χ3v) is 4.92. The molecule has 1 saturated carbocycles. The lowest BCUT2D eigenvalue weighted by Crippen LogP contribution is -2.49. The Hall–Kier alpha value is -0.380. The van der Waals surface area contributed by atoms with Crippen LogP contribution in [0.4, 0.5) is 0 Å². The fourth-order valence-corrected chi connectivity index (χ4v) is 3.50. The molecule has 1 fully saturated rings. The van der Waals surface area contributed by atoms with Crippen LogP contribution >= 0.6 is 11.3 Å². The quantitative estimate of drug-likeness (QED) is 0.845. The molecule has 0 unspecified atom stereocenters. The van der Waals surface area contributed by atoms with Crippen LogP contribution in [0.2, 0.25) is 0 Å². The maximum atomic E-state index is 6.40. The van der Waals surface area contributed by atoms with Gasteiger partial charge in [-0.1, -0.05) is 26.2 Å². The average molecular weight is 252 g/mol. The smallest absolute Gasteiger partial charge is 0.0300 e. The van der Waals surface area contributed by atoms with Gasteiger partial charge < -0.3 is 11.1 Å². The molecule has 1 aromatic rings. The zero-order valence-corrected chi connectivity index (χ0v) is 11.6. The van der Waals surface area contributed by atoms with Gasteiger partial charge in [-0.3, -0.25) is 0 Å². The Balaban J connectivity index is 1.74. The molecule has 1 aromatic heterocycles. The van der Waals surface area contributed by atoms with E-state index in [-0.39, 0.29) is 5.54 Å². The predicted octanol–water partition coefficient (Wildman–Crippen LogP) is 3.06. The van der Waals surface area contributed by atoms with Gasteiger partial charge in [-0.05, 0) is 31.4 Å². The van der Waals surface area contributed by atoms with Crippen molar-refractivity contribution in [3.8, 4) is 0 Å². The third-order valence-electron chi connectivity index (χ3n) is 3.69. The van der Waals surface area contributed by atoms with Gasteiger partial charge in [-0.2, -0.15) is 0 Å². The first-order chi connectivity index (χ1) is 8.22. The minimum atomic E-state index is 0.0586. The highest BCUT2D eigenvalue weighted by atomic mass is 32.1. The standard InChI is InChI=1S/C14H24N2S/c1-2-12-6-7-13(17-12)10-16-11-14(15)8-4-3-5-9-14/h6-7,16H,2-5,8-11,15H2,1H3. The van der Waals surface area contributed by atoms with E-state index < -0.39 is 0 Å². The number of hydrogen-bond acceptors (Lipinski definition) is 3. The SMILES string of the molecule is CCc1ccc(CNCC2(N)CCCCC2)s1. The molecular formula is C14H24N2S. The summed E-state index contributed by atoms with van der Waals surface area (Å²) in [7, 11) is 0. The predicted molar refractivity (Wildman–Crippen MR) is 75.4 cm³/mol. The number of nitrogens with one attached hydrogen (secondary N) is 1. The van der Waals surface area contributed by atoms with Gasteiger partial charge in [0.15, 0.2) is 0 Å². The van der Waals surface area contributed by atoms with Crippen molar-refractivity contribution in [3.63, 3.8) is 0 Å². The van der Waals surface area contributed by atoms with Crippen LogP contribution in [0.1, 0.15) is 48.8 Å². The van der Waals surface area contributed by atoms with E-state index in [1.807, 2.05) is 11.3 Å². The normalized spacial score (nSPS) is 19.4. The van der Waals surface area contributed by atoms with Crippen LogP contribution in [0.25, 0.3) is 0 Å². The summed E-state index contributed by atoms with van der Waals surface area (Å²) in [6, 6.07) is 4.47. The monoisotopic (exact) mass is 252 g/mol. The fourth-order valence-electron chi connectivity index (χ4n) is 2.57. The summed E-state index contributed by atoms with van der Waals surface area (Å²) in [6.07, 6.45) is 7.48. The van der Waals surface area contributed by atoms with E-state index in [9.17, 15) is 0 Å². The van der Waals surface area contributed by atoms with Crippen LogP contribution in [0.5, 0.6) is 0 Å². The second-order valence-electron chi connectivity index (χ2n) is 5.25. The van der Waals surface area contributed by atoms with Crippen LogP contribution in [0.3, 0.4) is 0 Å². The molecule has 96 valence electrons. The summed E-state index contributed by atoms with van der Waals surface area (Å²) >= 11 is 1.92. The molecule has 3 N–H and O–H groups in total. The van der Waals surface area contributed by atoms with Crippen molar-refractivity contribution in [3.05, 3.63) is 21.9 Å². The van der Waals surface area contributed by atoms with Crippen LogP contribution in [0.15, 0.2) is 12.1 Å². The molecule has 0 atom stereocenters. The van der Waals surface area contributed by atoms with Gasteiger partial charge >= 0.3 is 0 Å². The lowest BCUT2D eigenvalue weighted by molar-refractivity contribution is 0.283. The maximum absolute atomic E-state index is 6.40. The summed E-state index contributed by atoms with van der Waals surface area (Å²) in [6.45, 7) is 4.15. The highest BCUT2D eigenvalue weighted by Gasteiger charge is 2.26. The Morgan fingerprint density at radius 2 is 1.94 bits per heavy atom. The van der Waals surface area contributed by atoms with Crippen LogP contribution in [0, 0.1) is 0 Å². The molecule has 3 heteroatoms. The second-order valence-corrected chi connectivity index (χ2v) is 6.50. The fraction of sp³-hybridized carbons (Fsp3) is 0.714. The van der Waals surface area contributed by atoms with Gasteiger partial charge in [0.1, 0.15) is 0 Å². The first kappa shape index (κ1) is 13.1. The molecule has 2 rings (SSSR count). The summed E-state index contributed by atoms with van der Waals surface area (Å²) in [5.74, 6) is 0. The van der Waals surface area contributed by atoms with E-state index in [1.165, 1.54) is 41.9 Å². The van der Waals surface area contributed by atoms with Crippen LogP contribution in [-0.4, -0.2) is 12.1 Å². The van der Waals surface area contributed by atoms with Gasteiger partial charge in [-0.15, -0.1) is 11.3 Å². The molecule has 0 aromatic carbocycles. The van der Waals surface area contributed by atoms with Crippen molar-refractivity contribution in [2.24, 2.45) is 5.73 Å². The van der Waals surface area contributed by atoms with Crippen molar-refractivity contribution >= 4 is 11.3 Å². The van der Waals surface area contributed by atoms with Crippen molar-refractivity contribution < 1.29 is 0 Å². The molecule has 0 amide bonds. The van der Waals surface area contributed by atoms with E-state index in [0.29, 0.717) is 0 Å². The van der Waals surface area contributed by atoms with Gasteiger partial charge in [0.2, 0.25) is 0 Å². The Bertz CT molecular complexity index is 340. The summed E-state index contributed by atoms with van der Waals surface area (Å²) < 4.78 is 0. The molecule has 17 heavy (non-hydrogen) atoms. The van der Waals surface area contributed by atoms with Gasteiger partial charge in [-0.25, -0.2) is 0 Å². The van der Waals surface area contributed by atoms with E-state index in [0.717, 1.165) is 19.5 Å². The molecule has 0 aliphatic heterocycles. The summed E-state index contributed by atoms with van der Waals surface area (Å²) in [4.78, 5) is 2.91. The average Bonchev–Trinajstić information content (AvgIpc) is 2.78. The first-order valence-electron chi connectivity index (χ1n) is 6.79. The van der Waals surface area contributed by atoms with Crippen molar-refractivity contribution in [2.75, 3.05) is 6.54 Å². The van der Waals surface area contributed by atoms with Gasteiger partial charge in [0.25, 0.3) is 0 Å². The zero-order chi connectivity index (χ0) is 12.1. The molecule has 2 nitrogen and oxygen atoms in total. The summed E-state index contributed by atoms with van der Waals surface area (Å²) in [5, 5.41) is 3.53. The molecule has 0 spiro atoms. The molecule has 1 heterocycles. The van der Waals surface area contributed by atoms with Gasteiger partial charge in [0, 0.05) is 28.4 Å². The molecular weight excluding hydrogens is 228 g/mol. The topological polar surface area (TPSA) is 38.0 Å². The number of nitrogens with two attached hydrogens (primary N) is 1. The number of hydrogen-bond donors (Lipinski definition) is 2. The minimum absolute atomic E-state index is 0.0586. The highest BCUT2D eigenvalue weighted by Crippen LogP contribution is 2.25. The van der Waals surface area contributed by atoms with E-state index in [2.05, 4.69) is 24.4 Å². The highest BCUT2D eigenvalue weighted by molar-refractivity contribution is 7.11. The van der Waals surface area contributed by atoms with E-state index in [4.69, 9.17) is 5.73 Å². The van der Waals surface area contributed by atoms with E-state index >= 15 is 0 Å². The Morgan fingerprint density at radius 1 is 1.24 bits per heavy atom. The number of thiophene rings is 1. The maximum Gasteiger partial charge on any atom is 0.0300 e. The first-order valence-corrected chi connectivity index (χ1v) is 7.61. The number of rotatable bonds is 5. The molecule has 0 saturated heterocycles. The number of aryl methyl sites for hydroxylation is 1. The molecule has 0 radical (unpaired) electrons. The summed E-state index contributed by atoms with van der Waals surface area (Å²) in [5.41, 5.74) is 6.45. The lowest BCUT2D eigenvalue weighted by atomic mass is 9.82. The largest absolute Gasteiger partial charge is 0.324 e. The lowest BCUT2D eigenvalue weighted by Gasteiger charge is -2.33. The third kappa shape index (κ3) is 3.80. The van der Waals surface area contributed by atoms with E-state index in [1.54, 1.807) is 0 Å². The van der Waals surface area contributed by atoms with Gasteiger partial charge in [0.05, 0.1) is 0 Å². The second kappa shape index (κ2) is 5.98. The van der Waals surface area contributed by atoms with Crippen LogP contribution < -0.4 is 11.1 Å².